The highest BCUT2D eigenvalue weighted by Crippen LogP contribution is 2.37. The predicted octanol–water partition coefficient (Wildman–Crippen LogP) is 3.94. The zero-order valence-electron chi connectivity index (χ0n) is 11.8. The zero-order valence-corrected chi connectivity index (χ0v) is 12.6. The molecule has 3 nitrogen and oxygen atoms in total. The molecule has 1 aliphatic rings. The molecule has 1 amide bonds. The number of amides is 1. The summed E-state index contributed by atoms with van der Waals surface area (Å²) < 4.78 is 5.43. The van der Waals surface area contributed by atoms with Crippen molar-refractivity contribution in [2.45, 2.75) is 12.8 Å². The molecule has 1 aliphatic heterocycles. The second-order valence-electron chi connectivity index (χ2n) is 5.01. The molecule has 0 radical (unpaired) electrons. The minimum atomic E-state index is -0.0777. The van der Waals surface area contributed by atoms with Crippen molar-refractivity contribution in [2.24, 2.45) is 0 Å². The highest BCUT2D eigenvalue weighted by molar-refractivity contribution is 6.34. The summed E-state index contributed by atoms with van der Waals surface area (Å²) in [5.74, 6) is 0.652. The minimum Gasteiger partial charge on any atom is -0.495 e. The number of carbonyl (C=O) groups excluding carboxylic acids is 1. The van der Waals surface area contributed by atoms with Gasteiger partial charge in [0, 0.05) is 6.54 Å². The summed E-state index contributed by atoms with van der Waals surface area (Å²) in [7, 11) is 1.63. The molecular weight excluding hydrogens is 286 g/mol. The van der Waals surface area contributed by atoms with Crippen molar-refractivity contribution in [3.8, 4) is 5.75 Å². The third-order valence-corrected chi connectivity index (χ3v) is 4.08. The average Bonchev–Trinajstić information content (AvgIpc) is 2.53. The van der Waals surface area contributed by atoms with Gasteiger partial charge in [0.15, 0.2) is 0 Å². The third kappa shape index (κ3) is 2.49. The molecule has 0 spiro atoms. The smallest absolute Gasteiger partial charge is 0.259 e. The van der Waals surface area contributed by atoms with Crippen LogP contribution in [0, 0.1) is 0 Å². The van der Waals surface area contributed by atoms with Gasteiger partial charge in [-0.2, -0.15) is 0 Å². The Labute approximate surface area is 129 Å². The van der Waals surface area contributed by atoms with Crippen molar-refractivity contribution in [3.63, 3.8) is 0 Å². The first-order valence-electron chi connectivity index (χ1n) is 6.94. The maximum Gasteiger partial charge on any atom is 0.259 e. The van der Waals surface area contributed by atoms with Gasteiger partial charge in [-0.05, 0) is 36.6 Å². The molecule has 1 heterocycles. The molecule has 0 aliphatic carbocycles. The summed E-state index contributed by atoms with van der Waals surface area (Å²) in [6, 6.07) is 13.0. The van der Waals surface area contributed by atoms with E-state index in [1.807, 2.05) is 30.3 Å². The molecular formula is C17H16ClNO2. The first-order valence-corrected chi connectivity index (χ1v) is 7.32. The summed E-state index contributed by atoms with van der Waals surface area (Å²) in [6.45, 7) is 0.678. The second kappa shape index (κ2) is 5.78. The second-order valence-corrected chi connectivity index (χ2v) is 5.42. The Morgan fingerprint density at radius 3 is 2.76 bits per heavy atom. The molecule has 4 heteroatoms. The first kappa shape index (κ1) is 14.0. The fraction of sp³-hybridized carbons (Fsp3) is 0.235. The molecule has 3 rings (SSSR count). The van der Waals surface area contributed by atoms with E-state index in [9.17, 15) is 4.79 Å². The van der Waals surface area contributed by atoms with E-state index in [1.54, 1.807) is 24.1 Å². The highest BCUT2D eigenvalue weighted by Gasteiger charge is 2.27. The maximum absolute atomic E-state index is 12.8. The SMILES string of the molecule is COc1cccc2c1N(C(=O)c1ccccc1Cl)CCC2. The van der Waals surface area contributed by atoms with Gasteiger partial charge in [0.05, 0.1) is 23.4 Å². The van der Waals surface area contributed by atoms with Gasteiger partial charge in [0.2, 0.25) is 0 Å². The van der Waals surface area contributed by atoms with Crippen LogP contribution in [0.3, 0.4) is 0 Å². The van der Waals surface area contributed by atoms with Gasteiger partial charge >= 0.3 is 0 Å². The van der Waals surface area contributed by atoms with E-state index < -0.39 is 0 Å². The number of nitrogens with zero attached hydrogens (tertiary/aromatic N) is 1. The number of carbonyl (C=O) groups is 1. The summed E-state index contributed by atoms with van der Waals surface area (Å²) in [5.41, 5.74) is 2.54. The number of halogens is 1. The number of methoxy groups -OCH3 is 1. The fourth-order valence-corrected chi connectivity index (χ4v) is 2.98. The molecule has 0 bridgehead atoms. The van der Waals surface area contributed by atoms with E-state index in [1.165, 1.54) is 0 Å². The van der Waals surface area contributed by atoms with Crippen LogP contribution >= 0.6 is 11.6 Å². The van der Waals surface area contributed by atoms with Crippen LogP contribution in [0.4, 0.5) is 5.69 Å². The van der Waals surface area contributed by atoms with Crippen LogP contribution in [0.15, 0.2) is 42.5 Å². The quantitative estimate of drug-likeness (QED) is 0.841. The minimum absolute atomic E-state index is 0.0777. The van der Waals surface area contributed by atoms with Crippen molar-refractivity contribution in [1.82, 2.24) is 0 Å². The zero-order chi connectivity index (χ0) is 14.8. The van der Waals surface area contributed by atoms with Crippen LogP contribution in [0.2, 0.25) is 5.02 Å². The lowest BCUT2D eigenvalue weighted by molar-refractivity contribution is 0.0984. The molecule has 0 N–H and O–H groups in total. The summed E-state index contributed by atoms with van der Waals surface area (Å²) in [4.78, 5) is 14.6. The lowest BCUT2D eigenvalue weighted by Gasteiger charge is -2.31. The van der Waals surface area contributed by atoms with Crippen LogP contribution in [0.1, 0.15) is 22.3 Å². The molecule has 0 aromatic heterocycles. The molecule has 21 heavy (non-hydrogen) atoms. The topological polar surface area (TPSA) is 29.5 Å². The summed E-state index contributed by atoms with van der Waals surface area (Å²) in [5, 5.41) is 0.476. The number of anilines is 1. The van der Waals surface area contributed by atoms with E-state index in [-0.39, 0.29) is 5.91 Å². The Hall–Kier alpha value is -2.00. The van der Waals surface area contributed by atoms with E-state index in [0.29, 0.717) is 17.1 Å². The molecule has 0 atom stereocenters. The molecule has 0 saturated carbocycles. The van der Waals surface area contributed by atoms with Crippen LogP contribution in [0.25, 0.3) is 0 Å². The van der Waals surface area contributed by atoms with Crippen LogP contribution in [-0.2, 0) is 6.42 Å². The monoisotopic (exact) mass is 301 g/mol. The Morgan fingerprint density at radius 1 is 1.19 bits per heavy atom. The number of hydrogen-bond donors (Lipinski definition) is 0. The Balaban J connectivity index is 2.06. The van der Waals surface area contributed by atoms with Gasteiger partial charge < -0.3 is 9.64 Å². The van der Waals surface area contributed by atoms with Crippen molar-refractivity contribution in [3.05, 3.63) is 58.6 Å². The van der Waals surface area contributed by atoms with Crippen LogP contribution in [0.5, 0.6) is 5.75 Å². The summed E-state index contributed by atoms with van der Waals surface area (Å²) in [6.07, 6.45) is 1.90. The lowest BCUT2D eigenvalue weighted by atomic mass is 10.00. The molecule has 108 valence electrons. The Bertz CT molecular complexity index is 670. The molecule has 0 saturated heterocycles. The van der Waals surface area contributed by atoms with Gasteiger partial charge in [-0.15, -0.1) is 0 Å². The molecule has 2 aromatic rings. The van der Waals surface area contributed by atoms with Gasteiger partial charge in [0.25, 0.3) is 5.91 Å². The van der Waals surface area contributed by atoms with Crippen molar-refractivity contribution < 1.29 is 9.53 Å². The van der Waals surface area contributed by atoms with Gasteiger partial charge in [-0.1, -0.05) is 35.9 Å². The number of aryl methyl sites for hydroxylation is 1. The van der Waals surface area contributed by atoms with E-state index in [0.717, 1.165) is 29.8 Å². The van der Waals surface area contributed by atoms with Crippen LogP contribution < -0.4 is 9.64 Å². The van der Waals surface area contributed by atoms with Gasteiger partial charge in [-0.3, -0.25) is 4.79 Å². The normalized spacial score (nSPS) is 13.7. The molecule has 2 aromatic carbocycles. The number of rotatable bonds is 2. The standard InChI is InChI=1S/C17H16ClNO2/c1-21-15-10-4-6-12-7-5-11-19(16(12)15)17(20)13-8-2-3-9-14(13)18/h2-4,6,8-10H,5,7,11H2,1H3. The van der Waals surface area contributed by atoms with Gasteiger partial charge in [-0.25, -0.2) is 0 Å². The molecule has 0 fully saturated rings. The van der Waals surface area contributed by atoms with E-state index in [2.05, 4.69) is 0 Å². The third-order valence-electron chi connectivity index (χ3n) is 3.75. The van der Waals surface area contributed by atoms with Crippen LogP contribution in [-0.4, -0.2) is 19.6 Å². The number of para-hydroxylation sites is 1. The van der Waals surface area contributed by atoms with Crippen molar-refractivity contribution >= 4 is 23.2 Å². The van der Waals surface area contributed by atoms with Crippen molar-refractivity contribution in [2.75, 3.05) is 18.6 Å². The lowest BCUT2D eigenvalue weighted by Crippen LogP contribution is -2.36. The maximum atomic E-state index is 12.8. The first-order chi connectivity index (χ1) is 10.2. The van der Waals surface area contributed by atoms with E-state index >= 15 is 0 Å². The largest absolute Gasteiger partial charge is 0.495 e. The summed E-state index contributed by atoms with van der Waals surface area (Å²) >= 11 is 6.16. The number of fused-ring (bicyclic) bond motifs is 1. The van der Waals surface area contributed by atoms with Gasteiger partial charge in [0.1, 0.15) is 5.75 Å². The highest BCUT2D eigenvalue weighted by atomic mass is 35.5. The van der Waals surface area contributed by atoms with E-state index in [4.69, 9.17) is 16.3 Å². The molecule has 0 unspecified atom stereocenters. The van der Waals surface area contributed by atoms with Crippen molar-refractivity contribution in [1.29, 1.82) is 0 Å². The Kier molecular flexibility index (Phi) is 3.84. The number of benzene rings is 2. The average molecular weight is 302 g/mol. The fourth-order valence-electron chi connectivity index (χ4n) is 2.76. The Morgan fingerprint density at radius 2 is 2.00 bits per heavy atom. The number of ether oxygens (including phenoxy) is 1. The predicted molar refractivity (Wildman–Crippen MR) is 84.4 cm³/mol. The number of hydrogen-bond acceptors (Lipinski definition) is 2.